The number of hydrogen-bond donors (Lipinski definition) is 0. The van der Waals surface area contributed by atoms with Crippen LogP contribution in [0.5, 0.6) is 0 Å². The fourth-order valence-electron chi connectivity index (χ4n) is 17.3. The lowest BCUT2D eigenvalue weighted by atomic mass is 9.70. The van der Waals surface area contributed by atoms with Crippen molar-refractivity contribution in [3.8, 4) is 11.1 Å². The van der Waals surface area contributed by atoms with Crippen LogP contribution in [0.2, 0.25) is 0 Å². The third kappa shape index (κ3) is 14.0. The van der Waals surface area contributed by atoms with Crippen molar-refractivity contribution in [2.24, 2.45) is 0 Å². The molecule has 1 aliphatic carbocycles. The number of unbranched alkanes of at least 4 members (excludes halogenated alkanes) is 10. The number of rotatable bonds is 17. The third-order valence-electron chi connectivity index (χ3n) is 22.9. The van der Waals surface area contributed by atoms with E-state index in [2.05, 4.69) is 327 Å². The van der Waals surface area contributed by atoms with Gasteiger partial charge in [0.1, 0.15) is 0 Å². The summed E-state index contributed by atoms with van der Waals surface area (Å²) in [5.41, 5.74) is 25.1. The summed E-state index contributed by atoms with van der Waals surface area (Å²) in [6.45, 7) is 33.5. The minimum Gasteiger partial charge on any atom is -0.310 e. The maximum atomic E-state index is 2.53. The number of benzene rings is 15. The lowest BCUT2D eigenvalue weighted by Gasteiger charge is -2.33. The highest BCUT2D eigenvalue weighted by Crippen LogP contribution is 2.55. The Morgan fingerprint density at radius 1 is 0.275 bits per heavy atom. The van der Waals surface area contributed by atoms with Gasteiger partial charge in [0, 0.05) is 16.8 Å². The maximum Gasteiger partial charge on any atom is 0.0520 e. The Hall–Kier alpha value is -9.30. The van der Waals surface area contributed by atoms with Gasteiger partial charge in [-0.1, -0.05) is 328 Å². The highest BCUT2D eigenvalue weighted by Gasteiger charge is 2.42. The van der Waals surface area contributed by atoms with Crippen molar-refractivity contribution in [1.82, 2.24) is 0 Å². The molecule has 0 fully saturated rings. The van der Waals surface area contributed by atoms with Crippen LogP contribution in [0.25, 0.3) is 97.3 Å². The zero-order chi connectivity index (χ0) is 71.6. The molecular weight excluding hydrogens is 1230 g/mol. The molecule has 0 bridgehead atoms. The van der Waals surface area contributed by atoms with Gasteiger partial charge in [0.15, 0.2) is 0 Å². The standard InChI is InChI=1S/C31H46.C26H31N.2C22H16/c1-5-7-9-11-13-15-21-31(22-16-14-12-10-8-6-2)29-23-25(3)17-19-27(29)28-20-18-26(4)24-30(28)31;1-18-8-12-23(13-9-18)27(24-14-10-19(2)11-15-24)25-20(3)16-22(17-21(25)4)26(5,6)7;1-13-9-11-19-18-8-4-6-16-14(2)10-12-20(22(16)18)17-7-3-5-15(13)21(17)19;1-13-9-11-19-20-12-10-14(2)16-6-4-8-18(22(16)20)17-7-3-5-15(13)21(17)19/h17-20,23-24H,5-16,21-22H2,1-4H3;8-17H,1-7H3;2*3-12H,1-2H3. The van der Waals surface area contributed by atoms with Crippen molar-refractivity contribution < 1.29 is 0 Å². The van der Waals surface area contributed by atoms with Crippen LogP contribution < -0.4 is 4.90 Å². The Kier molecular flexibility index (Phi) is 21.1. The average molecular weight is 1340 g/mol. The van der Waals surface area contributed by atoms with E-state index in [0.29, 0.717) is 0 Å². The van der Waals surface area contributed by atoms with Gasteiger partial charge in [0.2, 0.25) is 0 Å². The first kappa shape index (κ1) is 71.1. The molecule has 102 heavy (non-hydrogen) atoms. The molecule has 1 heteroatoms. The normalized spacial score (nSPS) is 12.5. The first-order chi connectivity index (χ1) is 49.3. The molecule has 0 heterocycles. The van der Waals surface area contributed by atoms with E-state index < -0.39 is 0 Å². The summed E-state index contributed by atoms with van der Waals surface area (Å²) >= 11 is 0. The summed E-state index contributed by atoms with van der Waals surface area (Å²) in [6, 6.07) is 81.8. The van der Waals surface area contributed by atoms with Crippen molar-refractivity contribution in [2.75, 3.05) is 4.90 Å². The molecule has 0 aliphatic heterocycles. The lowest BCUT2D eigenvalue weighted by molar-refractivity contribution is 0.397. The number of nitrogens with zero attached hydrogens (tertiary/aromatic N) is 1. The Morgan fingerprint density at radius 2 is 0.559 bits per heavy atom. The van der Waals surface area contributed by atoms with Crippen LogP contribution in [0.3, 0.4) is 0 Å². The summed E-state index contributed by atoms with van der Waals surface area (Å²) in [6.07, 6.45) is 19.2. The van der Waals surface area contributed by atoms with Gasteiger partial charge in [-0.25, -0.2) is 0 Å². The van der Waals surface area contributed by atoms with Crippen LogP contribution in [0.4, 0.5) is 17.1 Å². The van der Waals surface area contributed by atoms with E-state index in [1.807, 2.05) is 0 Å². The Bertz CT molecular complexity index is 4900. The average Bonchev–Trinajstić information content (AvgIpc) is 1.18. The molecule has 0 N–H and O–H groups in total. The molecule has 0 saturated carbocycles. The Morgan fingerprint density at radius 3 is 0.873 bits per heavy atom. The molecule has 0 amide bonds. The predicted molar refractivity (Wildman–Crippen MR) is 451 cm³/mol. The van der Waals surface area contributed by atoms with Crippen molar-refractivity contribution in [2.45, 2.75) is 205 Å². The van der Waals surface area contributed by atoms with Gasteiger partial charge in [-0.15, -0.1) is 0 Å². The largest absolute Gasteiger partial charge is 0.310 e. The van der Waals surface area contributed by atoms with E-state index in [9.17, 15) is 0 Å². The molecule has 1 nitrogen and oxygen atoms in total. The minimum atomic E-state index is 0.145. The molecule has 0 aromatic heterocycles. The molecule has 0 saturated heterocycles. The molecule has 0 atom stereocenters. The van der Waals surface area contributed by atoms with Crippen LogP contribution in [0.15, 0.2) is 218 Å². The zero-order valence-electron chi connectivity index (χ0n) is 64.1. The number of fused-ring (bicyclic) bond motifs is 7. The molecule has 1 aliphatic rings. The van der Waals surface area contributed by atoms with E-state index in [4.69, 9.17) is 0 Å². The van der Waals surface area contributed by atoms with Crippen LogP contribution in [0, 0.1) is 69.2 Å². The van der Waals surface area contributed by atoms with E-state index >= 15 is 0 Å². The van der Waals surface area contributed by atoms with Crippen molar-refractivity contribution >= 4 is 103 Å². The number of aryl methyl sites for hydroxylation is 10. The summed E-state index contributed by atoms with van der Waals surface area (Å²) in [4.78, 5) is 2.38. The fourth-order valence-corrected chi connectivity index (χ4v) is 17.3. The fraction of sp³-hybridized carbons (Fsp3) is 0.307. The van der Waals surface area contributed by atoms with E-state index in [1.165, 1.54) is 265 Å². The second kappa shape index (κ2) is 30.3. The molecule has 0 unspecified atom stereocenters. The highest BCUT2D eigenvalue weighted by atomic mass is 15.1. The molecule has 0 spiro atoms. The predicted octanol–water partition coefficient (Wildman–Crippen LogP) is 30.5. The van der Waals surface area contributed by atoms with Crippen molar-refractivity contribution in [3.05, 3.63) is 291 Å². The summed E-state index contributed by atoms with van der Waals surface area (Å²) in [5.74, 6) is 0. The SMILES string of the molecule is CCCCCCCCC1(CCCCCCCC)c2cc(C)ccc2-c2ccc(C)cc21.Cc1ccc(N(c2ccc(C)cc2)c2c(C)cc(C(C)(C)C)cc2C)cc1.Cc1ccc2c3ccc(C)c4cccc(c5cccc1c52)c43.Cc1ccc2c3cccc4c(C)ccc(c5cccc1c52)c43. The quantitative estimate of drug-likeness (QED) is 0.0499. The molecule has 518 valence electrons. The van der Waals surface area contributed by atoms with Gasteiger partial charge in [0.25, 0.3) is 0 Å². The monoisotopic (exact) mass is 1340 g/mol. The molecule has 15 aromatic carbocycles. The van der Waals surface area contributed by atoms with E-state index in [1.54, 1.807) is 11.1 Å². The molecular formula is C101H109N. The van der Waals surface area contributed by atoms with Gasteiger partial charge >= 0.3 is 0 Å². The number of hydrogen-bond acceptors (Lipinski definition) is 1. The van der Waals surface area contributed by atoms with Crippen LogP contribution in [-0.2, 0) is 10.8 Å². The molecule has 0 radical (unpaired) electrons. The third-order valence-corrected chi connectivity index (χ3v) is 22.9. The second-order valence-corrected chi connectivity index (χ2v) is 31.6. The number of anilines is 3. The Labute approximate surface area is 610 Å². The molecule has 16 rings (SSSR count). The van der Waals surface area contributed by atoms with Gasteiger partial charge in [0.05, 0.1) is 5.69 Å². The van der Waals surface area contributed by atoms with Crippen molar-refractivity contribution in [3.63, 3.8) is 0 Å². The zero-order valence-corrected chi connectivity index (χ0v) is 64.1. The van der Waals surface area contributed by atoms with Gasteiger partial charge in [-0.2, -0.15) is 0 Å². The first-order valence-electron chi connectivity index (χ1n) is 38.7. The van der Waals surface area contributed by atoms with Crippen LogP contribution in [-0.4, -0.2) is 0 Å². The van der Waals surface area contributed by atoms with Gasteiger partial charge < -0.3 is 4.90 Å². The summed E-state index contributed by atoms with van der Waals surface area (Å²) < 4.78 is 0. The van der Waals surface area contributed by atoms with E-state index in [-0.39, 0.29) is 10.8 Å². The summed E-state index contributed by atoms with van der Waals surface area (Å²) in [7, 11) is 0. The topological polar surface area (TPSA) is 3.24 Å². The Balaban J connectivity index is 0.000000122. The van der Waals surface area contributed by atoms with Crippen LogP contribution in [0.1, 0.15) is 197 Å². The maximum absolute atomic E-state index is 2.53. The second-order valence-electron chi connectivity index (χ2n) is 31.6. The van der Waals surface area contributed by atoms with Gasteiger partial charge in [-0.3, -0.25) is 0 Å². The minimum absolute atomic E-state index is 0.145. The van der Waals surface area contributed by atoms with E-state index in [0.717, 1.165) is 0 Å². The smallest absolute Gasteiger partial charge is 0.0520 e. The highest BCUT2D eigenvalue weighted by molar-refractivity contribution is 6.34. The summed E-state index contributed by atoms with van der Waals surface area (Å²) in [5, 5.41) is 22.1. The molecule has 15 aromatic rings. The van der Waals surface area contributed by atoms with Crippen LogP contribution >= 0.6 is 0 Å². The van der Waals surface area contributed by atoms with Crippen molar-refractivity contribution in [1.29, 1.82) is 0 Å². The lowest BCUT2D eigenvalue weighted by Crippen LogP contribution is -2.25. The van der Waals surface area contributed by atoms with Gasteiger partial charge in [-0.05, 0) is 259 Å². The first-order valence-corrected chi connectivity index (χ1v) is 38.7.